The van der Waals surface area contributed by atoms with E-state index < -0.39 is 7.12 Å². The molecule has 0 aliphatic heterocycles. The maximum Gasteiger partial charge on any atom is 0.488 e. The minimum absolute atomic E-state index is 0.537. The lowest BCUT2D eigenvalue weighted by molar-refractivity contribution is -0.932. The van der Waals surface area contributed by atoms with E-state index in [-0.39, 0.29) is 0 Å². The number of rotatable bonds is 6. The zero-order chi connectivity index (χ0) is 12.9. The Balaban J connectivity index is 2.80. The summed E-state index contributed by atoms with van der Waals surface area (Å²) < 4.78 is 0.959. The van der Waals surface area contributed by atoms with Crippen LogP contribution in [0.5, 0.6) is 0 Å². The summed E-state index contributed by atoms with van der Waals surface area (Å²) in [5.41, 5.74) is 1.75. The molecule has 0 fully saturated rings. The zero-order valence-corrected chi connectivity index (χ0v) is 10.8. The Labute approximate surface area is 104 Å². The first-order valence-electron chi connectivity index (χ1n) is 6.16. The highest BCUT2D eigenvalue weighted by molar-refractivity contribution is 6.58. The van der Waals surface area contributed by atoms with E-state index in [4.69, 9.17) is 10.0 Å². The fourth-order valence-electron chi connectivity index (χ4n) is 2.02. The normalized spacial score (nSPS) is 11.6. The summed E-state index contributed by atoms with van der Waals surface area (Å²) >= 11 is 0. The molecule has 0 saturated carbocycles. The molecule has 0 spiro atoms. The van der Waals surface area contributed by atoms with Gasteiger partial charge in [0.25, 0.3) is 0 Å². The Morgan fingerprint density at radius 3 is 2.00 bits per heavy atom. The van der Waals surface area contributed by atoms with Gasteiger partial charge in [0.15, 0.2) is 0 Å². The Bertz CT molecular complexity index is 326. The summed E-state index contributed by atoms with van der Waals surface area (Å²) in [7, 11) is -1.38. The lowest BCUT2D eigenvalue weighted by Gasteiger charge is -2.35. The van der Waals surface area contributed by atoms with Crippen LogP contribution < -0.4 is 5.46 Å². The lowest BCUT2D eigenvalue weighted by atomic mass is 9.80. The van der Waals surface area contributed by atoms with Crippen molar-refractivity contribution < 1.29 is 14.5 Å². The smallest absolute Gasteiger partial charge is 0.423 e. The molecule has 1 rings (SSSR count). The van der Waals surface area contributed by atoms with Crippen molar-refractivity contribution in [2.24, 2.45) is 0 Å². The summed E-state index contributed by atoms with van der Waals surface area (Å²) in [5, 5.41) is 18.1. The molecule has 1 aromatic rings. The molecule has 1 radical (unpaired) electrons. The number of hydrogen-bond acceptors (Lipinski definition) is 2. The van der Waals surface area contributed by atoms with Crippen molar-refractivity contribution in [3.05, 3.63) is 36.8 Å². The third kappa shape index (κ3) is 3.56. The highest BCUT2D eigenvalue weighted by atomic mass is 16.4. The van der Waals surface area contributed by atoms with Crippen molar-refractivity contribution in [1.82, 2.24) is 0 Å². The van der Waals surface area contributed by atoms with Crippen LogP contribution in [0, 0.1) is 6.92 Å². The predicted molar refractivity (Wildman–Crippen MR) is 71.5 cm³/mol. The van der Waals surface area contributed by atoms with Gasteiger partial charge >= 0.3 is 7.12 Å². The molecule has 3 nitrogen and oxygen atoms in total. The van der Waals surface area contributed by atoms with Crippen LogP contribution in [0.3, 0.4) is 0 Å². The van der Waals surface area contributed by atoms with Crippen molar-refractivity contribution in [1.29, 1.82) is 0 Å². The van der Waals surface area contributed by atoms with Gasteiger partial charge in [-0.1, -0.05) is 24.3 Å². The second-order valence-corrected chi connectivity index (χ2v) is 4.47. The Hall–Kier alpha value is -0.835. The maximum atomic E-state index is 9.03. The average molecular weight is 235 g/mol. The van der Waals surface area contributed by atoms with Crippen molar-refractivity contribution in [2.75, 3.05) is 19.6 Å². The molecule has 0 aromatic heterocycles. The summed E-state index contributed by atoms with van der Waals surface area (Å²) in [6.45, 7) is 12.3. The fourth-order valence-corrected chi connectivity index (χ4v) is 2.02. The van der Waals surface area contributed by atoms with Gasteiger partial charge in [0.2, 0.25) is 0 Å². The highest BCUT2D eigenvalue weighted by Gasteiger charge is 2.21. The van der Waals surface area contributed by atoms with Crippen molar-refractivity contribution in [2.45, 2.75) is 20.4 Å². The quantitative estimate of drug-likeness (QED) is 0.558. The maximum absolute atomic E-state index is 9.03. The van der Waals surface area contributed by atoms with Crippen LogP contribution in [0.25, 0.3) is 0 Å². The zero-order valence-electron chi connectivity index (χ0n) is 10.8. The summed E-state index contributed by atoms with van der Waals surface area (Å²) in [5.74, 6) is 0. The van der Waals surface area contributed by atoms with Gasteiger partial charge in [-0.2, -0.15) is 0 Å². The Morgan fingerprint density at radius 1 is 1.12 bits per heavy atom. The van der Waals surface area contributed by atoms with Gasteiger partial charge < -0.3 is 14.5 Å². The summed E-state index contributed by atoms with van der Waals surface area (Å²) in [4.78, 5) is 0. The molecule has 4 heteroatoms. The standard InChI is InChI=1S/C13H22BNO2/c1-4-15(5-2,6-3)11-12-7-9-13(10-8-12)14(16)17/h7-10,16-17H,1,4-6,11H2,2-3H3/q+1. The lowest BCUT2D eigenvalue weighted by Crippen LogP contribution is -2.46. The van der Waals surface area contributed by atoms with Crippen molar-refractivity contribution >= 4 is 12.6 Å². The monoisotopic (exact) mass is 235 g/mol. The van der Waals surface area contributed by atoms with Crippen LogP contribution in [0.15, 0.2) is 24.3 Å². The van der Waals surface area contributed by atoms with Gasteiger partial charge in [0, 0.05) is 12.5 Å². The van der Waals surface area contributed by atoms with Crippen LogP contribution in [-0.2, 0) is 6.54 Å². The number of benzene rings is 1. The first kappa shape index (κ1) is 14.2. The molecule has 0 aliphatic rings. The van der Waals surface area contributed by atoms with E-state index in [0.717, 1.165) is 30.7 Å². The highest BCUT2D eigenvalue weighted by Crippen LogP contribution is 2.13. The molecule has 1 aromatic carbocycles. The molecular formula is C13H22BNO2+. The molecular weight excluding hydrogens is 213 g/mol. The van der Waals surface area contributed by atoms with E-state index in [0.29, 0.717) is 5.46 Å². The molecule has 0 amide bonds. The molecule has 2 N–H and O–H groups in total. The SMILES string of the molecule is [CH2]C[N+](CC)(CC)Cc1ccc(B(O)O)cc1. The van der Waals surface area contributed by atoms with E-state index in [1.807, 2.05) is 12.1 Å². The molecule has 0 bridgehead atoms. The molecule has 0 aliphatic carbocycles. The van der Waals surface area contributed by atoms with E-state index >= 15 is 0 Å². The summed E-state index contributed by atoms with van der Waals surface area (Å²) in [6, 6.07) is 7.46. The second-order valence-electron chi connectivity index (χ2n) is 4.47. The molecule has 17 heavy (non-hydrogen) atoms. The van der Waals surface area contributed by atoms with Crippen LogP contribution >= 0.6 is 0 Å². The Kier molecular flexibility index (Phi) is 5.18. The van der Waals surface area contributed by atoms with E-state index in [9.17, 15) is 0 Å². The van der Waals surface area contributed by atoms with Gasteiger partial charge in [0.1, 0.15) is 6.54 Å². The van der Waals surface area contributed by atoms with Crippen LogP contribution in [-0.4, -0.2) is 41.3 Å². The largest absolute Gasteiger partial charge is 0.488 e. The van der Waals surface area contributed by atoms with Crippen LogP contribution in [0.2, 0.25) is 0 Å². The van der Waals surface area contributed by atoms with Crippen molar-refractivity contribution in [3.8, 4) is 0 Å². The molecule has 0 saturated heterocycles. The van der Waals surface area contributed by atoms with E-state index in [2.05, 4.69) is 20.8 Å². The molecule has 0 atom stereocenters. The molecule has 0 heterocycles. The van der Waals surface area contributed by atoms with Gasteiger partial charge in [-0.15, -0.1) is 0 Å². The molecule has 0 unspecified atom stereocenters. The third-order valence-corrected chi connectivity index (χ3v) is 3.61. The number of hydrogen-bond donors (Lipinski definition) is 2. The van der Waals surface area contributed by atoms with Crippen LogP contribution in [0.1, 0.15) is 19.4 Å². The minimum atomic E-state index is -1.38. The molecule has 93 valence electrons. The van der Waals surface area contributed by atoms with E-state index in [1.54, 1.807) is 12.1 Å². The third-order valence-electron chi connectivity index (χ3n) is 3.61. The average Bonchev–Trinajstić information content (AvgIpc) is 2.37. The summed E-state index contributed by atoms with van der Waals surface area (Å²) in [6.07, 6.45) is 0. The van der Waals surface area contributed by atoms with Gasteiger partial charge in [0.05, 0.1) is 19.6 Å². The number of nitrogens with zero attached hydrogens (tertiary/aromatic N) is 1. The topological polar surface area (TPSA) is 40.5 Å². The van der Waals surface area contributed by atoms with Gasteiger partial charge in [-0.05, 0) is 19.3 Å². The van der Waals surface area contributed by atoms with Gasteiger partial charge in [-0.25, -0.2) is 0 Å². The van der Waals surface area contributed by atoms with Gasteiger partial charge in [-0.3, -0.25) is 0 Å². The Morgan fingerprint density at radius 2 is 1.65 bits per heavy atom. The number of quaternary nitrogens is 1. The first-order chi connectivity index (χ1) is 8.06. The minimum Gasteiger partial charge on any atom is -0.423 e. The van der Waals surface area contributed by atoms with E-state index in [1.165, 1.54) is 5.56 Å². The first-order valence-corrected chi connectivity index (χ1v) is 6.16. The predicted octanol–water partition coefficient (Wildman–Crippen LogP) is 0.557. The van der Waals surface area contributed by atoms with Crippen molar-refractivity contribution in [3.63, 3.8) is 0 Å². The van der Waals surface area contributed by atoms with Crippen LogP contribution in [0.4, 0.5) is 0 Å². The second kappa shape index (κ2) is 6.19. The fraction of sp³-hybridized carbons (Fsp3) is 0.462.